The SMILES string of the molecule is CC(C)=C(N=NN)C(C)C. The van der Waals surface area contributed by atoms with Gasteiger partial charge in [0.05, 0.1) is 5.70 Å². The van der Waals surface area contributed by atoms with Crippen molar-refractivity contribution in [2.24, 2.45) is 22.1 Å². The Morgan fingerprint density at radius 2 is 1.80 bits per heavy atom. The molecule has 0 aromatic carbocycles. The minimum Gasteiger partial charge on any atom is -0.305 e. The minimum absolute atomic E-state index is 0.400. The van der Waals surface area contributed by atoms with Crippen LogP contribution in [-0.4, -0.2) is 0 Å². The van der Waals surface area contributed by atoms with Crippen molar-refractivity contribution in [1.29, 1.82) is 0 Å². The molecule has 0 radical (unpaired) electrons. The fourth-order valence-corrected chi connectivity index (χ4v) is 0.855. The summed E-state index contributed by atoms with van der Waals surface area (Å²) in [4.78, 5) is 0. The molecule has 0 spiro atoms. The highest BCUT2D eigenvalue weighted by Crippen LogP contribution is 2.15. The van der Waals surface area contributed by atoms with Crippen LogP contribution < -0.4 is 5.84 Å². The third-order valence-corrected chi connectivity index (χ3v) is 1.22. The van der Waals surface area contributed by atoms with E-state index in [-0.39, 0.29) is 0 Å². The van der Waals surface area contributed by atoms with E-state index in [1.54, 1.807) is 0 Å². The smallest absolute Gasteiger partial charge is 0.0659 e. The molecule has 10 heavy (non-hydrogen) atoms. The molecular weight excluding hydrogens is 126 g/mol. The highest BCUT2D eigenvalue weighted by molar-refractivity contribution is 5.09. The first-order chi connectivity index (χ1) is 4.59. The molecule has 58 valence electrons. The molecule has 0 aliphatic rings. The third-order valence-electron chi connectivity index (χ3n) is 1.22. The Kier molecular flexibility index (Phi) is 3.69. The Bertz CT molecular complexity index is 152. The van der Waals surface area contributed by atoms with Crippen molar-refractivity contribution >= 4 is 0 Å². The summed E-state index contributed by atoms with van der Waals surface area (Å²) in [6, 6.07) is 0. The average Bonchev–Trinajstić information content (AvgIpc) is 1.81. The molecule has 0 fully saturated rings. The number of rotatable bonds is 2. The van der Waals surface area contributed by atoms with Crippen LogP contribution in [0, 0.1) is 5.92 Å². The van der Waals surface area contributed by atoms with Gasteiger partial charge in [0.1, 0.15) is 0 Å². The molecule has 0 aliphatic heterocycles. The molecule has 0 aliphatic carbocycles. The first-order valence-electron chi connectivity index (χ1n) is 3.38. The van der Waals surface area contributed by atoms with Gasteiger partial charge >= 0.3 is 0 Å². The molecule has 0 bridgehead atoms. The van der Waals surface area contributed by atoms with E-state index in [1.807, 2.05) is 13.8 Å². The van der Waals surface area contributed by atoms with Crippen LogP contribution in [0.3, 0.4) is 0 Å². The molecule has 3 nitrogen and oxygen atoms in total. The Morgan fingerprint density at radius 1 is 1.30 bits per heavy atom. The Labute approximate surface area is 62.0 Å². The summed E-state index contributed by atoms with van der Waals surface area (Å²) in [5.41, 5.74) is 2.15. The van der Waals surface area contributed by atoms with Crippen molar-refractivity contribution < 1.29 is 0 Å². The van der Waals surface area contributed by atoms with E-state index >= 15 is 0 Å². The number of nitrogens with two attached hydrogens (primary N) is 1. The summed E-state index contributed by atoms with van der Waals surface area (Å²) < 4.78 is 0. The van der Waals surface area contributed by atoms with Gasteiger partial charge in [-0.1, -0.05) is 24.6 Å². The number of nitrogens with zero attached hydrogens (tertiary/aromatic N) is 2. The molecule has 0 amide bonds. The van der Waals surface area contributed by atoms with Crippen molar-refractivity contribution in [3.63, 3.8) is 0 Å². The minimum atomic E-state index is 0.400. The molecule has 2 N–H and O–H groups in total. The van der Waals surface area contributed by atoms with E-state index in [0.717, 1.165) is 5.70 Å². The zero-order valence-electron chi connectivity index (χ0n) is 7.05. The lowest BCUT2D eigenvalue weighted by Crippen LogP contribution is -1.93. The van der Waals surface area contributed by atoms with Gasteiger partial charge < -0.3 is 5.84 Å². The summed E-state index contributed by atoms with van der Waals surface area (Å²) in [5.74, 6) is 5.33. The Morgan fingerprint density at radius 3 is 1.90 bits per heavy atom. The summed E-state index contributed by atoms with van der Waals surface area (Å²) >= 11 is 0. The first-order valence-corrected chi connectivity index (χ1v) is 3.38. The van der Waals surface area contributed by atoms with Crippen LogP contribution in [0.4, 0.5) is 0 Å². The molecule has 0 saturated carbocycles. The predicted octanol–water partition coefficient (Wildman–Crippen LogP) is 2.26. The number of hydrogen-bond acceptors (Lipinski definition) is 2. The molecule has 0 atom stereocenters. The van der Waals surface area contributed by atoms with E-state index in [1.165, 1.54) is 5.57 Å². The molecule has 3 heteroatoms. The van der Waals surface area contributed by atoms with Crippen LogP contribution in [-0.2, 0) is 0 Å². The normalized spacial score (nSPS) is 10.9. The van der Waals surface area contributed by atoms with Crippen LogP contribution >= 0.6 is 0 Å². The molecule has 0 heterocycles. The maximum absolute atomic E-state index is 4.93. The van der Waals surface area contributed by atoms with Gasteiger partial charge in [0.15, 0.2) is 0 Å². The average molecular weight is 141 g/mol. The van der Waals surface area contributed by atoms with Crippen molar-refractivity contribution in [1.82, 2.24) is 0 Å². The van der Waals surface area contributed by atoms with E-state index in [2.05, 4.69) is 24.2 Å². The zero-order chi connectivity index (χ0) is 8.15. The second-order valence-electron chi connectivity index (χ2n) is 2.76. The van der Waals surface area contributed by atoms with Crippen LogP contribution in [0.2, 0.25) is 0 Å². The van der Waals surface area contributed by atoms with E-state index < -0.39 is 0 Å². The molecular formula is C7H15N3. The zero-order valence-corrected chi connectivity index (χ0v) is 7.05. The molecule has 0 aromatic heterocycles. The quantitative estimate of drug-likeness (QED) is 0.358. The molecule has 0 saturated heterocycles. The highest BCUT2D eigenvalue weighted by atomic mass is 15.3. The second kappa shape index (κ2) is 4.04. The highest BCUT2D eigenvalue weighted by Gasteiger charge is 2.02. The molecule has 0 aromatic rings. The topological polar surface area (TPSA) is 50.7 Å². The van der Waals surface area contributed by atoms with Gasteiger partial charge in [-0.25, -0.2) is 0 Å². The van der Waals surface area contributed by atoms with Gasteiger partial charge in [0.25, 0.3) is 0 Å². The Balaban J connectivity index is 4.44. The van der Waals surface area contributed by atoms with E-state index in [4.69, 9.17) is 5.84 Å². The van der Waals surface area contributed by atoms with Crippen molar-refractivity contribution in [3.05, 3.63) is 11.3 Å². The summed E-state index contributed by atoms with van der Waals surface area (Å²) in [6.45, 7) is 8.14. The fraction of sp³-hybridized carbons (Fsp3) is 0.714. The lowest BCUT2D eigenvalue weighted by Gasteiger charge is -2.04. The predicted molar refractivity (Wildman–Crippen MR) is 42.3 cm³/mol. The van der Waals surface area contributed by atoms with Gasteiger partial charge in [0.2, 0.25) is 0 Å². The second-order valence-corrected chi connectivity index (χ2v) is 2.76. The van der Waals surface area contributed by atoms with Crippen molar-refractivity contribution in [2.75, 3.05) is 0 Å². The van der Waals surface area contributed by atoms with Crippen LogP contribution in [0.25, 0.3) is 0 Å². The van der Waals surface area contributed by atoms with Gasteiger partial charge in [0, 0.05) is 0 Å². The van der Waals surface area contributed by atoms with E-state index in [9.17, 15) is 0 Å². The molecule has 0 unspecified atom stereocenters. The number of allylic oxidation sites excluding steroid dienone is 2. The third kappa shape index (κ3) is 2.62. The lowest BCUT2D eigenvalue weighted by molar-refractivity contribution is 0.720. The molecule has 0 rings (SSSR count). The van der Waals surface area contributed by atoms with Crippen molar-refractivity contribution in [2.45, 2.75) is 27.7 Å². The van der Waals surface area contributed by atoms with Gasteiger partial charge in [-0.05, 0) is 19.8 Å². The summed E-state index contributed by atoms with van der Waals surface area (Å²) in [7, 11) is 0. The summed E-state index contributed by atoms with van der Waals surface area (Å²) in [6.07, 6.45) is 0. The van der Waals surface area contributed by atoms with Crippen molar-refractivity contribution in [3.8, 4) is 0 Å². The van der Waals surface area contributed by atoms with E-state index in [0.29, 0.717) is 5.92 Å². The first kappa shape index (κ1) is 9.14. The monoisotopic (exact) mass is 141 g/mol. The fourth-order valence-electron chi connectivity index (χ4n) is 0.855. The lowest BCUT2D eigenvalue weighted by atomic mass is 10.1. The van der Waals surface area contributed by atoms with Crippen LogP contribution in [0.1, 0.15) is 27.7 Å². The van der Waals surface area contributed by atoms with Gasteiger partial charge in [-0.3, -0.25) is 0 Å². The van der Waals surface area contributed by atoms with Crippen LogP contribution in [0.15, 0.2) is 21.6 Å². The maximum Gasteiger partial charge on any atom is 0.0659 e. The van der Waals surface area contributed by atoms with Gasteiger partial charge in [-0.2, -0.15) is 0 Å². The number of hydrogen-bond donors (Lipinski definition) is 1. The Hall–Kier alpha value is -0.860. The summed E-state index contributed by atoms with van der Waals surface area (Å²) in [5, 5.41) is 7.05. The maximum atomic E-state index is 4.93. The standard InChI is InChI=1S/C7H15N3/c1-5(2)7(6(3)4)9-10-8/h5H,1-4H3,(H2,8,9). The largest absolute Gasteiger partial charge is 0.305 e. The van der Waals surface area contributed by atoms with Gasteiger partial charge in [-0.15, -0.1) is 5.11 Å². The van der Waals surface area contributed by atoms with Crippen LogP contribution in [0.5, 0.6) is 0 Å².